The van der Waals surface area contributed by atoms with Crippen LogP contribution >= 0.6 is 0 Å². The van der Waals surface area contributed by atoms with Gasteiger partial charge in [0.1, 0.15) is 0 Å². The van der Waals surface area contributed by atoms with Crippen LogP contribution in [0.2, 0.25) is 0 Å². The van der Waals surface area contributed by atoms with Gasteiger partial charge in [-0.15, -0.1) is 0 Å². The maximum Gasteiger partial charge on any atom is 0.318 e. The zero-order valence-electron chi connectivity index (χ0n) is 11.8. The Morgan fingerprint density at radius 3 is 2.53 bits per heavy atom. The molecule has 1 unspecified atom stereocenters. The molecule has 4 nitrogen and oxygen atoms in total. The number of urea groups is 1. The second-order valence-corrected chi connectivity index (χ2v) is 5.69. The molecule has 1 atom stereocenters. The summed E-state index contributed by atoms with van der Waals surface area (Å²) in [5.41, 5.74) is 5.20. The molecule has 0 spiro atoms. The Morgan fingerprint density at radius 1 is 1.16 bits per heavy atom. The summed E-state index contributed by atoms with van der Waals surface area (Å²) in [5, 5.41) is 6.34. The van der Waals surface area contributed by atoms with Crippen LogP contribution in [0, 0.1) is 20.8 Å². The molecule has 2 aliphatic heterocycles. The molecule has 2 aliphatic rings. The van der Waals surface area contributed by atoms with Crippen molar-refractivity contribution in [3.05, 3.63) is 34.4 Å². The van der Waals surface area contributed by atoms with E-state index in [1.165, 1.54) is 22.3 Å². The summed E-state index contributed by atoms with van der Waals surface area (Å²) >= 11 is 0. The summed E-state index contributed by atoms with van der Waals surface area (Å²) in [6.07, 6.45) is 0. The first-order valence-corrected chi connectivity index (χ1v) is 6.92. The van der Waals surface area contributed by atoms with Gasteiger partial charge in [0.2, 0.25) is 0 Å². The average Bonchev–Trinajstić information content (AvgIpc) is 2.66. The Bertz CT molecular complexity index is 522. The Kier molecular flexibility index (Phi) is 2.97. The summed E-state index contributed by atoms with van der Waals surface area (Å²) in [6, 6.07) is 4.89. The minimum Gasteiger partial charge on any atom is -0.329 e. The molecule has 4 heteroatoms. The molecule has 1 aromatic carbocycles. The minimum atomic E-state index is 0.0779. The third-order valence-corrected chi connectivity index (χ3v) is 4.61. The maximum absolute atomic E-state index is 12.0. The molecule has 1 aromatic rings. The van der Waals surface area contributed by atoms with Crippen molar-refractivity contribution in [2.24, 2.45) is 0 Å². The van der Waals surface area contributed by atoms with Crippen molar-refractivity contribution in [3.63, 3.8) is 0 Å². The highest BCUT2D eigenvalue weighted by atomic mass is 16.2. The first kappa shape index (κ1) is 12.5. The maximum atomic E-state index is 12.0. The number of hydrogen-bond acceptors (Lipinski definition) is 2. The van der Waals surface area contributed by atoms with E-state index in [0.717, 1.165) is 19.6 Å². The van der Waals surface area contributed by atoms with Crippen molar-refractivity contribution in [1.82, 2.24) is 15.5 Å². The Balaban J connectivity index is 1.84. The fraction of sp³-hybridized carbons (Fsp3) is 0.533. The molecule has 0 aliphatic carbocycles. The predicted molar refractivity (Wildman–Crippen MR) is 75.3 cm³/mol. The molecule has 102 valence electrons. The first-order valence-electron chi connectivity index (χ1n) is 6.92. The third-order valence-electron chi connectivity index (χ3n) is 4.61. The number of hydrogen-bond donors (Lipinski definition) is 2. The van der Waals surface area contributed by atoms with Gasteiger partial charge >= 0.3 is 6.03 Å². The molecule has 0 aromatic heterocycles. The number of nitrogens with one attached hydrogen (secondary N) is 2. The number of amides is 2. The molecule has 19 heavy (non-hydrogen) atoms. The first-order chi connectivity index (χ1) is 9.08. The Morgan fingerprint density at radius 2 is 1.89 bits per heavy atom. The molecule has 2 N–H and O–H groups in total. The fourth-order valence-corrected chi connectivity index (χ4v) is 2.90. The second-order valence-electron chi connectivity index (χ2n) is 5.69. The van der Waals surface area contributed by atoms with Crippen LogP contribution in [0.15, 0.2) is 12.1 Å². The lowest BCUT2D eigenvalue weighted by molar-refractivity contribution is 0.172. The van der Waals surface area contributed by atoms with E-state index in [0.29, 0.717) is 6.04 Å². The molecular weight excluding hydrogens is 238 g/mol. The highest BCUT2D eigenvalue weighted by molar-refractivity contribution is 5.78. The highest BCUT2D eigenvalue weighted by Crippen LogP contribution is 2.28. The topological polar surface area (TPSA) is 44.4 Å². The molecule has 2 saturated heterocycles. The van der Waals surface area contributed by atoms with Crippen molar-refractivity contribution in [2.45, 2.75) is 32.9 Å². The summed E-state index contributed by atoms with van der Waals surface area (Å²) in [6.45, 7) is 9.06. The van der Waals surface area contributed by atoms with Gasteiger partial charge in [0.15, 0.2) is 0 Å². The predicted octanol–water partition coefficient (Wildman–Crippen LogP) is 1.65. The largest absolute Gasteiger partial charge is 0.329 e. The van der Waals surface area contributed by atoms with Crippen LogP contribution in [0.1, 0.15) is 28.3 Å². The van der Waals surface area contributed by atoms with E-state index >= 15 is 0 Å². The van der Waals surface area contributed by atoms with Gasteiger partial charge in [-0.2, -0.15) is 0 Å². The van der Waals surface area contributed by atoms with Crippen molar-refractivity contribution < 1.29 is 4.79 Å². The van der Waals surface area contributed by atoms with Gasteiger partial charge in [0, 0.05) is 19.6 Å². The van der Waals surface area contributed by atoms with Crippen molar-refractivity contribution >= 4 is 6.03 Å². The van der Waals surface area contributed by atoms with E-state index in [1.54, 1.807) is 0 Å². The normalized spacial score (nSPS) is 23.4. The number of benzene rings is 1. The van der Waals surface area contributed by atoms with Gasteiger partial charge in [-0.1, -0.05) is 12.1 Å². The molecule has 0 saturated carbocycles. The monoisotopic (exact) mass is 259 g/mol. The number of aryl methyl sites for hydroxylation is 1. The van der Waals surface area contributed by atoms with E-state index in [2.05, 4.69) is 43.5 Å². The molecule has 2 heterocycles. The molecule has 2 amide bonds. The lowest BCUT2D eigenvalue weighted by Gasteiger charge is -2.34. The number of nitrogens with zero attached hydrogens (tertiary/aromatic N) is 1. The van der Waals surface area contributed by atoms with Crippen molar-refractivity contribution in [2.75, 3.05) is 19.6 Å². The zero-order chi connectivity index (χ0) is 13.6. The minimum absolute atomic E-state index is 0.0779. The zero-order valence-corrected chi connectivity index (χ0v) is 11.8. The summed E-state index contributed by atoms with van der Waals surface area (Å²) in [7, 11) is 0. The summed E-state index contributed by atoms with van der Waals surface area (Å²) in [5.74, 6) is 0. The van der Waals surface area contributed by atoms with Crippen LogP contribution in [0.25, 0.3) is 0 Å². The van der Waals surface area contributed by atoms with Gasteiger partial charge in [-0.25, -0.2) is 4.79 Å². The molecular formula is C15H21N3O. The molecule has 0 radical (unpaired) electrons. The number of carbonyl (C=O) groups is 1. The second kappa shape index (κ2) is 4.53. The van der Waals surface area contributed by atoms with Crippen molar-refractivity contribution in [1.29, 1.82) is 0 Å². The smallest absolute Gasteiger partial charge is 0.318 e. The highest BCUT2D eigenvalue weighted by Gasteiger charge is 2.37. The fourth-order valence-electron chi connectivity index (χ4n) is 2.90. The lowest BCUT2D eigenvalue weighted by atomic mass is 9.94. The van der Waals surface area contributed by atoms with E-state index in [4.69, 9.17) is 0 Å². The van der Waals surface area contributed by atoms with Crippen LogP contribution in [0.4, 0.5) is 4.79 Å². The van der Waals surface area contributed by atoms with E-state index < -0.39 is 0 Å². The Labute approximate surface area is 114 Å². The third kappa shape index (κ3) is 2.00. The molecule has 2 fully saturated rings. The quantitative estimate of drug-likeness (QED) is 0.848. The SMILES string of the molecule is Cc1ccc(C2CN(C3CNC3)C(=O)N2)c(C)c1C. The van der Waals surface area contributed by atoms with E-state index in [1.807, 2.05) is 4.90 Å². The van der Waals surface area contributed by atoms with Crippen LogP contribution in [-0.4, -0.2) is 36.6 Å². The Hall–Kier alpha value is -1.55. The van der Waals surface area contributed by atoms with Crippen LogP contribution in [-0.2, 0) is 0 Å². The van der Waals surface area contributed by atoms with Gasteiger partial charge in [0.25, 0.3) is 0 Å². The summed E-state index contributed by atoms with van der Waals surface area (Å²) in [4.78, 5) is 14.0. The molecule has 0 bridgehead atoms. The van der Waals surface area contributed by atoms with Crippen LogP contribution in [0.3, 0.4) is 0 Å². The van der Waals surface area contributed by atoms with Crippen LogP contribution < -0.4 is 10.6 Å². The number of carbonyl (C=O) groups excluding carboxylic acids is 1. The van der Waals surface area contributed by atoms with Gasteiger partial charge in [0.05, 0.1) is 12.1 Å². The average molecular weight is 259 g/mol. The van der Waals surface area contributed by atoms with Gasteiger partial charge < -0.3 is 15.5 Å². The lowest BCUT2D eigenvalue weighted by Crippen LogP contribution is -2.57. The van der Waals surface area contributed by atoms with Gasteiger partial charge in [-0.3, -0.25) is 0 Å². The van der Waals surface area contributed by atoms with E-state index in [9.17, 15) is 4.79 Å². The van der Waals surface area contributed by atoms with Crippen molar-refractivity contribution in [3.8, 4) is 0 Å². The van der Waals surface area contributed by atoms with E-state index in [-0.39, 0.29) is 12.1 Å². The summed E-state index contributed by atoms with van der Waals surface area (Å²) < 4.78 is 0. The number of rotatable bonds is 2. The molecule has 3 rings (SSSR count). The standard InChI is InChI=1S/C15H21N3O/c1-9-4-5-13(11(3)10(9)2)14-8-18(15(19)17-14)12-6-16-7-12/h4-5,12,14,16H,6-8H2,1-3H3,(H,17,19). The van der Waals surface area contributed by atoms with Gasteiger partial charge in [-0.05, 0) is 43.0 Å². The van der Waals surface area contributed by atoms with Crippen LogP contribution in [0.5, 0.6) is 0 Å².